The number of ether oxygens (including phenoxy) is 1. The zero-order valence-corrected chi connectivity index (χ0v) is 10.8. The number of hydrogen-bond acceptors (Lipinski definition) is 4. The summed E-state index contributed by atoms with van der Waals surface area (Å²) in [5, 5.41) is 8.60. The Balaban J connectivity index is 2.70. The molecule has 1 aromatic rings. The van der Waals surface area contributed by atoms with Gasteiger partial charge in [0.25, 0.3) is 0 Å². The van der Waals surface area contributed by atoms with Crippen LogP contribution in [0.1, 0.15) is 6.42 Å². The number of rotatable bonds is 6. The van der Waals surface area contributed by atoms with E-state index in [0.29, 0.717) is 19.6 Å². The predicted molar refractivity (Wildman–Crippen MR) is 66.3 cm³/mol. The molecule has 0 saturated carbocycles. The SMILES string of the molecule is COCCN(CCC#N)c1cccc(Br)n1. The summed E-state index contributed by atoms with van der Waals surface area (Å²) in [5.74, 6) is 0.863. The third kappa shape index (κ3) is 4.17. The van der Waals surface area contributed by atoms with Crippen molar-refractivity contribution >= 4 is 21.7 Å². The first kappa shape index (κ1) is 12.9. The van der Waals surface area contributed by atoms with E-state index in [0.717, 1.165) is 17.0 Å². The van der Waals surface area contributed by atoms with Crippen LogP contribution in [0.25, 0.3) is 0 Å². The molecule has 0 fully saturated rings. The molecule has 1 heterocycles. The molecule has 4 nitrogen and oxygen atoms in total. The van der Waals surface area contributed by atoms with Crippen molar-refractivity contribution in [1.82, 2.24) is 4.98 Å². The van der Waals surface area contributed by atoms with Crippen molar-refractivity contribution in [2.45, 2.75) is 6.42 Å². The minimum atomic E-state index is 0.484. The maximum Gasteiger partial charge on any atom is 0.129 e. The van der Waals surface area contributed by atoms with Gasteiger partial charge in [-0.3, -0.25) is 0 Å². The molecule has 0 bridgehead atoms. The van der Waals surface area contributed by atoms with Crippen molar-refractivity contribution in [3.05, 3.63) is 22.8 Å². The van der Waals surface area contributed by atoms with E-state index in [4.69, 9.17) is 10.00 Å². The minimum absolute atomic E-state index is 0.484. The highest BCUT2D eigenvalue weighted by Crippen LogP contribution is 2.14. The number of hydrogen-bond donors (Lipinski definition) is 0. The monoisotopic (exact) mass is 283 g/mol. The number of nitrogens with zero attached hydrogens (tertiary/aromatic N) is 3. The fraction of sp³-hybridized carbons (Fsp3) is 0.455. The first-order valence-electron chi connectivity index (χ1n) is 5.01. The Bertz CT molecular complexity index is 364. The van der Waals surface area contributed by atoms with Crippen LogP contribution in [-0.2, 0) is 4.74 Å². The highest BCUT2D eigenvalue weighted by molar-refractivity contribution is 9.10. The minimum Gasteiger partial charge on any atom is -0.383 e. The van der Waals surface area contributed by atoms with E-state index < -0.39 is 0 Å². The molecule has 0 atom stereocenters. The molecule has 5 heteroatoms. The lowest BCUT2D eigenvalue weighted by atomic mass is 10.3. The maximum atomic E-state index is 8.60. The van der Waals surface area contributed by atoms with Gasteiger partial charge in [-0.05, 0) is 28.1 Å². The van der Waals surface area contributed by atoms with Gasteiger partial charge in [0, 0.05) is 20.2 Å². The van der Waals surface area contributed by atoms with E-state index in [1.54, 1.807) is 7.11 Å². The Morgan fingerprint density at radius 2 is 2.31 bits per heavy atom. The average Bonchev–Trinajstić information content (AvgIpc) is 2.29. The summed E-state index contributed by atoms with van der Waals surface area (Å²) in [5.41, 5.74) is 0. The highest BCUT2D eigenvalue weighted by atomic mass is 79.9. The van der Waals surface area contributed by atoms with Crippen LogP contribution in [0.15, 0.2) is 22.8 Å². The Morgan fingerprint density at radius 1 is 1.50 bits per heavy atom. The molecule has 0 N–H and O–H groups in total. The smallest absolute Gasteiger partial charge is 0.129 e. The van der Waals surface area contributed by atoms with Crippen LogP contribution < -0.4 is 4.90 Å². The first-order valence-corrected chi connectivity index (χ1v) is 5.80. The van der Waals surface area contributed by atoms with Crippen LogP contribution in [0.5, 0.6) is 0 Å². The van der Waals surface area contributed by atoms with Gasteiger partial charge in [-0.1, -0.05) is 6.07 Å². The number of methoxy groups -OCH3 is 1. The van der Waals surface area contributed by atoms with Gasteiger partial charge < -0.3 is 9.64 Å². The van der Waals surface area contributed by atoms with E-state index in [9.17, 15) is 0 Å². The Hall–Kier alpha value is -1.12. The molecule has 0 unspecified atom stereocenters. The molecule has 0 aliphatic rings. The largest absolute Gasteiger partial charge is 0.383 e. The number of aromatic nitrogens is 1. The molecule has 86 valence electrons. The lowest BCUT2D eigenvalue weighted by Crippen LogP contribution is -2.28. The molecule has 0 saturated heterocycles. The quantitative estimate of drug-likeness (QED) is 0.751. The second kappa shape index (κ2) is 7.20. The first-order chi connectivity index (χ1) is 7.77. The zero-order valence-electron chi connectivity index (χ0n) is 9.19. The van der Waals surface area contributed by atoms with E-state index in [1.165, 1.54) is 0 Å². The molecular formula is C11H14BrN3O. The summed E-state index contributed by atoms with van der Waals surface area (Å²) in [6.45, 7) is 2.03. The normalized spacial score (nSPS) is 9.81. The molecular weight excluding hydrogens is 270 g/mol. The van der Waals surface area contributed by atoms with Crippen molar-refractivity contribution in [3.8, 4) is 6.07 Å². The third-order valence-electron chi connectivity index (χ3n) is 2.08. The molecule has 1 rings (SSSR count). The van der Waals surface area contributed by atoms with Gasteiger partial charge in [0.2, 0.25) is 0 Å². The van der Waals surface area contributed by atoms with Gasteiger partial charge >= 0.3 is 0 Å². The predicted octanol–water partition coefficient (Wildman–Crippen LogP) is 2.21. The molecule has 0 aliphatic heterocycles. The van der Waals surface area contributed by atoms with Gasteiger partial charge in [-0.15, -0.1) is 0 Å². The van der Waals surface area contributed by atoms with Crippen LogP contribution in [0.3, 0.4) is 0 Å². The van der Waals surface area contributed by atoms with Gasteiger partial charge in [-0.25, -0.2) is 4.98 Å². The van der Waals surface area contributed by atoms with Crippen molar-refractivity contribution in [2.75, 3.05) is 31.7 Å². The Kier molecular flexibility index (Phi) is 5.83. The number of pyridine rings is 1. The van der Waals surface area contributed by atoms with E-state index >= 15 is 0 Å². The molecule has 0 aliphatic carbocycles. The maximum absolute atomic E-state index is 8.60. The van der Waals surface area contributed by atoms with E-state index in [1.807, 2.05) is 23.1 Å². The highest BCUT2D eigenvalue weighted by Gasteiger charge is 2.07. The molecule has 0 aromatic carbocycles. The van der Waals surface area contributed by atoms with Gasteiger partial charge in [0.15, 0.2) is 0 Å². The summed E-state index contributed by atoms with van der Waals surface area (Å²) < 4.78 is 5.84. The number of nitriles is 1. The van der Waals surface area contributed by atoms with Gasteiger partial charge in [0.1, 0.15) is 10.4 Å². The van der Waals surface area contributed by atoms with Gasteiger partial charge in [0.05, 0.1) is 19.1 Å². The van der Waals surface area contributed by atoms with Crippen molar-refractivity contribution in [1.29, 1.82) is 5.26 Å². The van der Waals surface area contributed by atoms with Crippen LogP contribution in [0, 0.1) is 11.3 Å². The standard InChI is InChI=1S/C11H14BrN3O/c1-16-9-8-15(7-3-6-13)11-5-2-4-10(12)14-11/h2,4-5H,3,7-9H2,1H3. The van der Waals surface area contributed by atoms with Crippen LogP contribution in [-0.4, -0.2) is 31.8 Å². The van der Waals surface area contributed by atoms with Crippen LogP contribution >= 0.6 is 15.9 Å². The molecule has 1 aromatic heterocycles. The van der Waals surface area contributed by atoms with E-state index in [2.05, 4.69) is 27.0 Å². The summed E-state index contributed by atoms with van der Waals surface area (Å²) in [6.07, 6.45) is 0.484. The summed E-state index contributed by atoms with van der Waals surface area (Å²) in [7, 11) is 1.66. The Morgan fingerprint density at radius 3 is 2.94 bits per heavy atom. The van der Waals surface area contributed by atoms with Crippen LogP contribution in [0.4, 0.5) is 5.82 Å². The zero-order chi connectivity index (χ0) is 11.8. The molecule has 0 spiro atoms. The number of anilines is 1. The molecule has 16 heavy (non-hydrogen) atoms. The van der Waals surface area contributed by atoms with Crippen molar-refractivity contribution in [3.63, 3.8) is 0 Å². The van der Waals surface area contributed by atoms with E-state index in [-0.39, 0.29) is 0 Å². The summed E-state index contributed by atoms with van der Waals surface area (Å²) in [4.78, 5) is 6.40. The number of halogens is 1. The van der Waals surface area contributed by atoms with Crippen molar-refractivity contribution < 1.29 is 4.74 Å². The Labute approximate surface area is 104 Å². The lowest BCUT2D eigenvalue weighted by molar-refractivity contribution is 0.205. The summed E-state index contributed by atoms with van der Waals surface area (Å²) in [6, 6.07) is 7.87. The molecule has 0 radical (unpaired) electrons. The van der Waals surface area contributed by atoms with Crippen molar-refractivity contribution in [2.24, 2.45) is 0 Å². The fourth-order valence-electron chi connectivity index (χ4n) is 1.30. The van der Waals surface area contributed by atoms with Gasteiger partial charge in [-0.2, -0.15) is 5.26 Å². The third-order valence-corrected chi connectivity index (χ3v) is 2.52. The van der Waals surface area contributed by atoms with Crippen LogP contribution in [0.2, 0.25) is 0 Å². The second-order valence-corrected chi connectivity index (χ2v) is 4.02. The summed E-state index contributed by atoms with van der Waals surface area (Å²) >= 11 is 3.33. The second-order valence-electron chi connectivity index (χ2n) is 3.21. The topological polar surface area (TPSA) is 49.1 Å². The average molecular weight is 284 g/mol. The fourth-order valence-corrected chi connectivity index (χ4v) is 1.64. The lowest BCUT2D eigenvalue weighted by Gasteiger charge is -2.22. The molecule has 0 amide bonds.